The zero-order valence-corrected chi connectivity index (χ0v) is 14.8. The number of ether oxygens (including phenoxy) is 2. The lowest BCUT2D eigenvalue weighted by atomic mass is 10.0. The lowest BCUT2D eigenvalue weighted by Crippen LogP contribution is -2.52. The highest BCUT2D eigenvalue weighted by molar-refractivity contribution is 5.81. The molecule has 3 atom stereocenters. The van der Waals surface area contributed by atoms with Gasteiger partial charge in [-0.2, -0.15) is 0 Å². The second kappa shape index (κ2) is 7.85. The second-order valence-corrected chi connectivity index (χ2v) is 7.34. The van der Waals surface area contributed by atoms with E-state index in [0.717, 1.165) is 32.5 Å². The second-order valence-electron chi connectivity index (χ2n) is 7.34. The fourth-order valence-corrected chi connectivity index (χ4v) is 4.58. The van der Waals surface area contributed by atoms with E-state index in [2.05, 4.69) is 40.1 Å². The van der Waals surface area contributed by atoms with Crippen LogP contribution >= 0.6 is 0 Å². The van der Waals surface area contributed by atoms with Crippen molar-refractivity contribution >= 4 is 5.91 Å². The number of hydrogen-bond acceptors (Lipinski definition) is 4. The van der Waals surface area contributed by atoms with Gasteiger partial charge in [-0.15, -0.1) is 0 Å². The summed E-state index contributed by atoms with van der Waals surface area (Å²) in [4.78, 5) is 17.6. The van der Waals surface area contributed by atoms with Crippen molar-refractivity contribution in [3.05, 3.63) is 35.9 Å². The molecule has 1 aromatic carbocycles. The molecular weight excluding hydrogens is 316 g/mol. The summed E-state index contributed by atoms with van der Waals surface area (Å²) in [7, 11) is 0. The fourth-order valence-electron chi connectivity index (χ4n) is 4.58. The number of amides is 1. The van der Waals surface area contributed by atoms with Crippen LogP contribution in [-0.4, -0.2) is 66.8 Å². The zero-order valence-electron chi connectivity index (χ0n) is 14.8. The smallest absolute Gasteiger partial charge is 0.254 e. The number of hydrogen-bond donors (Lipinski definition) is 0. The van der Waals surface area contributed by atoms with Crippen molar-refractivity contribution in [3.8, 4) is 0 Å². The average Bonchev–Trinajstić information content (AvgIpc) is 3.31. The number of nitrogens with zero attached hydrogens (tertiary/aromatic N) is 2. The zero-order chi connectivity index (χ0) is 17.1. The Hall–Kier alpha value is -1.43. The Morgan fingerprint density at radius 3 is 2.64 bits per heavy atom. The van der Waals surface area contributed by atoms with Crippen LogP contribution in [0.1, 0.15) is 31.2 Å². The molecule has 0 spiro atoms. The molecule has 3 saturated heterocycles. The summed E-state index contributed by atoms with van der Waals surface area (Å²) in [5.41, 5.74) is 1.36. The van der Waals surface area contributed by atoms with E-state index < -0.39 is 6.10 Å². The number of benzene rings is 1. The minimum Gasteiger partial charge on any atom is -0.376 e. The average molecular weight is 344 g/mol. The molecule has 1 amide bonds. The minimum atomic E-state index is -0.404. The van der Waals surface area contributed by atoms with Gasteiger partial charge in [0.15, 0.2) is 6.10 Å². The van der Waals surface area contributed by atoms with Crippen LogP contribution in [0.25, 0.3) is 0 Å². The van der Waals surface area contributed by atoms with Crippen molar-refractivity contribution in [1.29, 1.82) is 0 Å². The van der Waals surface area contributed by atoms with Gasteiger partial charge in [-0.25, -0.2) is 0 Å². The highest BCUT2D eigenvalue weighted by Gasteiger charge is 2.41. The number of rotatable bonds is 4. The van der Waals surface area contributed by atoms with Crippen molar-refractivity contribution < 1.29 is 14.3 Å². The maximum atomic E-state index is 12.9. The summed E-state index contributed by atoms with van der Waals surface area (Å²) in [6.07, 6.45) is 4.20. The van der Waals surface area contributed by atoms with Gasteiger partial charge in [-0.1, -0.05) is 30.3 Å². The lowest BCUT2D eigenvalue weighted by Gasteiger charge is -2.37. The molecule has 1 aromatic rings. The molecule has 0 saturated carbocycles. The van der Waals surface area contributed by atoms with Gasteiger partial charge in [0, 0.05) is 25.2 Å². The molecule has 0 N–H and O–H groups in total. The van der Waals surface area contributed by atoms with E-state index in [1.807, 2.05) is 0 Å². The minimum absolute atomic E-state index is 0.133. The van der Waals surface area contributed by atoms with Crippen LogP contribution in [0.3, 0.4) is 0 Å². The van der Waals surface area contributed by atoms with Crippen molar-refractivity contribution in [2.75, 3.05) is 32.9 Å². The quantitative estimate of drug-likeness (QED) is 0.838. The standard InChI is InChI=1S/C20H28N2O3/c23-20(19-15-24-12-13-25-19)22-11-5-9-18(22)17-8-4-10-21(17)14-16-6-2-1-3-7-16/h1-3,6-7,17-19H,4-5,8-15H2/t17-,18-,19+/m1/s1. The van der Waals surface area contributed by atoms with E-state index in [4.69, 9.17) is 9.47 Å². The maximum Gasteiger partial charge on any atom is 0.254 e. The first-order valence-electron chi connectivity index (χ1n) is 9.61. The highest BCUT2D eigenvalue weighted by atomic mass is 16.6. The normalized spacial score (nSPS) is 30.7. The summed E-state index contributed by atoms with van der Waals surface area (Å²) in [5, 5.41) is 0. The predicted octanol–water partition coefficient (Wildman–Crippen LogP) is 2.06. The van der Waals surface area contributed by atoms with Crippen LogP contribution in [0.15, 0.2) is 30.3 Å². The van der Waals surface area contributed by atoms with E-state index in [9.17, 15) is 4.79 Å². The molecule has 4 rings (SSSR count). The first-order chi connectivity index (χ1) is 12.3. The van der Waals surface area contributed by atoms with E-state index in [0.29, 0.717) is 31.9 Å². The summed E-state index contributed by atoms with van der Waals surface area (Å²) in [5.74, 6) is 0.133. The Balaban J connectivity index is 1.44. The first-order valence-corrected chi connectivity index (χ1v) is 9.61. The molecule has 0 radical (unpaired) electrons. The van der Waals surface area contributed by atoms with E-state index in [1.54, 1.807) is 0 Å². The molecule has 0 unspecified atom stereocenters. The summed E-state index contributed by atoms with van der Waals surface area (Å²) in [6.45, 7) is 4.49. The maximum absolute atomic E-state index is 12.9. The predicted molar refractivity (Wildman–Crippen MR) is 95.2 cm³/mol. The van der Waals surface area contributed by atoms with E-state index in [1.165, 1.54) is 18.4 Å². The number of carbonyl (C=O) groups is 1. The van der Waals surface area contributed by atoms with E-state index in [-0.39, 0.29) is 5.91 Å². The fraction of sp³-hybridized carbons (Fsp3) is 0.650. The Kier molecular flexibility index (Phi) is 5.34. The van der Waals surface area contributed by atoms with Crippen LogP contribution in [0.2, 0.25) is 0 Å². The molecule has 3 aliphatic heterocycles. The number of likely N-dealkylation sites (tertiary alicyclic amines) is 2. The SMILES string of the molecule is O=C([C@@H]1COCCO1)N1CCC[C@@H]1[C@H]1CCCN1Cc1ccccc1. The van der Waals surface area contributed by atoms with Gasteiger partial charge < -0.3 is 14.4 Å². The Bertz CT molecular complexity index is 574. The third-order valence-electron chi connectivity index (χ3n) is 5.76. The Morgan fingerprint density at radius 2 is 1.84 bits per heavy atom. The van der Waals surface area contributed by atoms with Gasteiger partial charge in [0.25, 0.3) is 5.91 Å². The molecule has 5 nitrogen and oxygen atoms in total. The molecule has 0 bridgehead atoms. The van der Waals surface area contributed by atoms with Gasteiger partial charge in [0.1, 0.15) is 0 Å². The van der Waals surface area contributed by atoms with Crippen molar-refractivity contribution in [3.63, 3.8) is 0 Å². The lowest BCUT2D eigenvalue weighted by molar-refractivity contribution is -0.159. The number of carbonyl (C=O) groups excluding carboxylic acids is 1. The van der Waals surface area contributed by atoms with Gasteiger partial charge in [-0.3, -0.25) is 9.69 Å². The Morgan fingerprint density at radius 1 is 1.04 bits per heavy atom. The van der Waals surface area contributed by atoms with Crippen LogP contribution < -0.4 is 0 Å². The molecular formula is C20H28N2O3. The monoisotopic (exact) mass is 344 g/mol. The van der Waals surface area contributed by atoms with Gasteiger partial charge in [-0.05, 0) is 37.8 Å². The van der Waals surface area contributed by atoms with Gasteiger partial charge >= 0.3 is 0 Å². The summed E-state index contributed by atoms with van der Waals surface area (Å²) in [6, 6.07) is 11.5. The summed E-state index contributed by atoms with van der Waals surface area (Å²) >= 11 is 0. The first kappa shape index (κ1) is 17.0. The van der Waals surface area contributed by atoms with Gasteiger partial charge in [0.05, 0.1) is 19.8 Å². The topological polar surface area (TPSA) is 42.0 Å². The molecule has 5 heteroatoms. The Labute approximate surface area is 149 Å². The van der Waals surface area contributed by atoms with Crippen molar-refractivity contribution in [2.45, 2.75) is 50.4 Å². The molecule has 25 heavy (non-hydrogen) atoms. The van der Waals surface area contributed by atoms with Crippen LogP contribution in [0.4, 0.5) is 0 Å². The van der Waals surface area contributed by atoms with Crippen LogP contribution in [0.5, 0.6) is 0 Å². The third kappa shape index (κ3) is 3.73. The van der Waals surface area contributed by atoms with Crippen molar-refractivity contribution in [2.24, 2.45) is 0 Å². The van der Waals surface area contributed by atoms with Gasteiger partial charge in [0.2, 0.25) is 0 Å². The van der Waals surface area contributed by atoms with Crippen molar-refractivity contribution in [1.82, 2.24) is 9.80 Å². The molecule has 0 aliphatic carbocycles. The largest absolute Gasteiger partial charge is 0.376 e. The van der Waals surface area contributed by atoms with E-state index >= 15 is 0 Å². The highest BCUT2D eigenvalue weighted by Crippen LogP contribution is 2.31. The van der Waals surface area contributed by atoms with Crippen LogP contribution in [0, 0.1) is 0 Å². The van der Waals surface area contributed by atoms with Crippen LogP contribution in [-0.2, 0) is 20.8 Å². The molecule has 3 heterocycles. The molecule has 3 fully saturated rings. The molecule has 136 valence electrons. The molecule has 3 aliphatic rings. The third-order valence-corrected chi connectivity index (χ3v) is 5.76. The summed E-state index contributed by atoms with van der Waals surface area (Å²) < 4.78 is 11.1. The molecule has 0 aromatic heterocycles.